The van der Waals surface area contributed by atoms with Gasteiger partial charge in [0.25, 0.3) is 5.91 Å². The molecular formula is C20H23ClN2O4. The average molecular weight is 391 g/mol. The lowest BCUT2D eigenvalue weighted by Crippen LogP contribution is -2.17. The maximum absolute atomic E-state index is 12.3. The van der Waals surface area contributed by atoms with Crippen LogP contribution in [-0.2, 0) is 0 Å². The van der Waals surface area contributed by atoms with E-state index in [0.717, 1.165) is 12.0 Å². The minimum atomic E-state index is -0.358. The topological polar surface area (TPSA) is 69.2 Å². The van der Waals surface area contributed by atoms with Gasteiger partial charge in [-0.2, -0.15) is 5.10 Å². The fourth-order valence-electron chi connectivity index (χ4n) is 2.24. The van der Waals surface area contributed by atoms with Crippen LogP contribution in [0.1, 0.15) is 36.2 Å². The third-order valence-corrected chi connectivity index (χ3v) is 3.82. The first-order chi connectivity index (χ1) is 13.1. The lowest BCUT2D eigenvalue weighted by molar-refractivity contribution is 0.0954. The zero-order chi connectivity index (χ0) is 19.6. The second-order valence-electron chi connectivity index (χ2n) is 5.54. The molecular weight excluding hydrogens is 368 g/mol. The summed E-state index contributed by atoms with van der Waals surface area (Å²) >= 11 is 6.18. The highest BCUT2D eigenvalue weighted by atomic mass is 35.5. The molecule has 2 aromatic rings. The summed E-state index contributed by atoms with van der Waals surface area (Å²) in [6.45, 7) is 4.96. The Labute approximate surface area is 164 Å². The van der Waals surface area contributed by atoms with Gasteiger partial charge in [-0.1, -0.05) is 18.5 Å². The number of benzene rings is 2. The largest absolute Gasteiger partial charge is 0.493 e. The van der Waals surface area contributed by atoms with Crippen LogP contribution in [0.25, 0.3) is 0 Å². The molecule has 0 saturated heterocycles. The summed E-state index contributed by atoms with van der Waals surface area (Å²) in [4.78, 5) is 12.3. The predicted molar refractivity (Wildman–Crippen MR) is 106 cm³/mol. The molecule has 144 valence electrons. The van der Waals surface area contributed by atoms with Crippen LogP contribution in [0.3, 0.4) is 0 Å². The highest BCUT2D eigenvalue weighted by molar-refractivity contribution is 6.32. The van der Waals surface area contributed by atoms with E-state index in [4.69, 9.17) is 25.8 Å². The molecule has 0 atom stereocenters. The molecule has 0 spiro atoms. The Morgan fingerprint density at radius 2 is 1.89 bits per heavy atom. The molecule has 0 aliphatic carbocycles. The van der Waals surface area contributed by atoms with Crippen molar-refractivity contribution in [2.24, 2.45) is 5.10 Å². The zero-order valence-corrected chi connectivity index (χ0v) is 16.4. The van der Waals surface area contributed by atoms with E-state index in [1.807, 2.05) is 19.9 Å². The Bertz CT molecular complexity index is 809. The van der Waals surface area contributed by atoms with Gasteiger partial charge in [0.15, 0.2) is 11.5 Å². The van der Waals surface area contributed by atoms with Crippen LogP contribution in [-0.4, -0.2) is 32.4 Å². The number of ether oxygens (including phenoxy) is 3. The van der Waals surface area contributed by atoms with Crippen molar-refractivity contribution < 1.29 is 19.0 Å². The summed E-state index contributed by atoms with van der Waals surface area (Å²) in [5.74, 6) is 1.34. The van der Waals surface area contributed by atoms with Crippen molar-refractivity contribution in [1.29, 1.82) is 0 Å². The minimum absolute atomic E-state index is 0.358. The number of amides is 1. The Balaban J connectivity index is 2.02. The molecule has 0 bridgehead atoms. The first-order valence-corrected chi connectivity index (χ1v) is 9.03. The maximum Gasteiger partial charge on any atom is 0.271 e. The van der Waals surface area contributed by atoms with Crippen molar-refractivity contribution in [1.82, 2.24) is 5.43 Å². The number of hydrogen-bond acceptors (Lipinski definition) is 5. The van der Waals surface area contributed by atoms with E-state index >= 15 is 0 Å². The van der Waals surface area contributed by atoms with E-state index in [2.05, 4.69) is 10.5 Å². The second kappa shape index (κ2) is 10.4. The summed E-state index contributed by atoms with van der Waals surface area (Å²) in [6, 6.07) is 10.3. The smallest absolute Gasteiger partial charge is 0.271 e. The van der Waals surface area contributed by atoms with Gasteiger partial charge in [-0.3, -0.25) is 4.79 Å². The van der Waals surface area contributed by atoms with Crippen LogP contribution < -0.4 is 19.6 Å². The number of carbonyl (C=O) groups is 1. The van der Waals surface area contributed by atoms with Crippen molar-refractivity contribution in [2.45, 2.75) is 20.3 Å². The highest BCUT2D eigenvalue weighted by Gasteiger charge is 2.10. The number of nitrogens with zero attached hydrogens (tertiary/aromatic N) is 1. The Kier molecular flexibility index (Phi) is 7.95. The van der Waals surface area contributed by atoms with Crippen LogP contribution in [0.2, 0.25) is 5.02 Å². The van der Waals surface area contributed by atoms with Crippen LogP contribution in [0.4, 0.5) is 0 Å². The highest BCUT2D eigenvalue weighted by Crippen LogP contribution is 2.28. The molecule has 0 aliphatic rings. The molecule has 6 nitrogen and oxygen atoms in total. The molecule has 0 fully saturated rings. The summed E-state index contributed by atoms with van der Waals surface area (Å²) < 4.78 is 16.2. The summed E-state index contributed by atoms with van der Waals surface area (Å²) in [5.41, 5.74) is 3.64. The number of halogens is 1. The van der Waals surface area contributed by atoms with Crippen LogP contribution in [0.5, 0.6) is 17.2 Å². The molecule has 0 aliphatic heterocycles. The molecule has 0 saturated carbocycles. The molecule has 2 aromatic carbocycles. The first-order valence-electron chi connectivity index (χ1n) is 8.65. The monoisotopic (exact) mass is 390 g/mol. The average Bonchev–Trinajstić information content (AvgIpc) is 2.67. The van der Waals surface area contributed by atoms with Crippen molar-refractivity contribution >= 4 is 23.7 Å². The number of hydrazone groups is 1. The Morgan fingerprint density at radius 3 is 2.56 bits per heavy atom. The summed E-state index contributed by atoms with van der Waals surface area (Å²) in [5, 5.41) is 4.47. The van der Waals surface area contributed by atoms with Crippen molar-refractivity contribution in [2.75, 3.05) is 20.3 Å². The molecule has 0 aromatic heterocycles. The van der Waals surface area contributed by atoms with E-state index in [0.29, 0.717) is 41.0 Å². The number of hydrogen-bond donors (Lipinski definition) is 1. The predicted octanol–water partition coefficient (Wildman–Crippen LogP) is 4.30. The summed E-state index contributed by atoms with van der Waals surface area (Å²) in [7, 11) is 1.55. The van der Waals surface area contributed by atoms with E-state index in [1.165, 1.54) is 6.21 Å². The van der Waals surface area contributed by atoms with E-state index in [9.17, 15) is 4.79 Å². The van der Waals surface area contributed by atoms with Crippen LogP contribution in [0.15, 0.2) is 41.5 Å². The number of nitrogens with one attached hydrogen (secondary N) is 1. The Hall–Kier alpha value is -2.73. The van der Waals surface area contributed by atoms with Crippen molar-refractivity contribution in [3.63, 3.8) is 0 Å². The fourth-order valence-corrected chi connectivity index (χ4v) is 2.49. The van der Waals surface area contributed by atoms with E-state index < -0.39 is 0 Å². The third kappa shape index (κ3) is 5.89. The molecule has 1 amide bonds. The summed E-state index contributed by atoms with van der Waals surface area (Å²) in [6.07, 6.45) is 2.42. The number of methoxy groups -OCH3 is 1. The van der Waals surface area contributed by atoms with Gasteiger partial charge < -0.3 is 14.2 Å². The quantitative estimate of drug-likeness (QED) is 0.512. The minimum Gasteiger partial charge on any atom is -0.493 e. The van der Waals surface area contributed by atoms with Crippen molar-refractivity contribution in [3.05, 3.63) is 52.5 Å². The zero-order valence-electron chi connectivity index (χ0n) is 15.6. The van der Waals surface area contributed by atoms with Gasteiger partial charge in [0, 0.05) is 5.56 Å². The van der Waals surface area contributed by atoms with Gasteiger partial charge in [0.1, 0.15) is 5.75 Å². The molecule has 0 heterocycles. The third-order valence-electron chi connectivity index (χ3n) is 3.52. The van der Waals surface area contributed by atoms with Crippen LogP contribution in [0, 0.1) is 0 Å². The standard InChI is InChI=1S/C20H23ClN2O4/c1-4-10-27-17-8-6-14(11-16(17)21)13-22-23-20(24)15-7-9-18(25-3)19(12-15)26-5-2/h6-9,11-13H,4-5,10H2,1-3H3,(H,23,24)/b22-13+. The SMILES string of the molecule is CCCOc1ccc(/C=N/NC(=O)c2ccc(OC)c(OCC)c2)cc1Cl. The molecule has 1 N–H and O–H groups in total. The lowest BCUT2D eigenvalue weighted by Gasteiger charge is -2.10. The molecule has 0 unspecified atom stereocenters. The number of rotatable bonds is 9. The second-order valence-corrected chi connectivity index (χ2v) is 5.94. The lowest BCUT2D eigenvalue weighted by atomic mass is 10.2. The Morgan fingerprint density at radius 1 is 1.11 bits per heavy atom. The fraction of sp³-hybridized carbons (Fsp3) is 0.300. The first kappa shape index (κ1) is 20.6. The maximum atomic E-state index is 12.3. The van der Waals surface area contributed by atoms with E-state index in [1.54, 1.807) is 37.4 Å². The van der Waals surface area contributed by atoms with Gasteiger partial charge in [-0.25, -0.2) is 5.43 Å². The normalized spacial score (nSPS) is 10.7. The molecule has 0 radical (unpaired) electrons. The molecule has 7 heteroatoms. The number of carbonyl (C=O) groups excluding carboxylic acids is 1. The van der Waals surface area contributed by atoms with Gasteiger partial charge in [0.2, 0.25) is 0 Å². The molecule has 2 rings (SSSR count). The van der Waals surface area contributed by atoms with E-state index in [-0.39, 0.29) is 5.91 Å². The van der Waals surface area contributed by atoms with Gasteiger partial charge >= 0.3 is 0 Å². The van der Waals surface area contributed by atoms with Crippen molar-refractivity contribution in [3.8, 4) is 17.2 Å². The van der Waals surface area contributed by atoms with Gasteiger partial charge in [-0.05, 0) is 55.3 Å². The molecule has 27 heavy (non-hydrogen) atoms. The van der Waals surface area contributed by atoms with Gasteiger partial charge in [-0.15, -0.1) is 0 Å². The van der Waals surface area contributed by atoms with Gasteiger partial charge in [0.05, 0.1) is 31.6 Å². The van der Waals surface area contributed by atoms with Crippen LogP contribution >= 0.6 is 11.6 Å².